The molecule has 0 heterocycles. The highest BCUT2D eigenvalue weighted by Gasteiger charge is 2.03. The Morgan fingerprint density at radius 1 is 1.38 bits per heavy atom. The third kappa shape index (κ3) is 3.11. The van der Waals surface area contributed by atoms with Crippen LogP contribution in [0.1, 0.15) is 17.3 Å². The molecule has 0 aromatic heterocycles. The summed E-state index contributed by atoms with van der Waals surface area (Å²) in [4.78, 5) is 11.3. The van der Waals surface area contributed by atoms with Crippen LogP contribution in [-0.4, -0.2) is 12.6 Å². The van der Waals surface area contributed by atoms with Gasteiger partial charge in [-0.2, -0.15) is 0 Å². The molecule has 0 bridgehead atoms. The van der Waals surface area contributed by atoms with Gasteiger partial charge in [-0.25, -0.2) is 4.79 Å². The second-order valence-electron chi connectivity index (χ2n) is 2.53. The number of carbonyl (C=O) groups excluding carboxylic acids is 1. The Morgan fingerprint density at radius 3 is 2.69 bits per heavy atom. The van der Waals surface area contributed by atoms with E-state index in [-0.39, 0.29) is 5.97 Å². The van der Waals surface area contributed by atoms with Crippen LogP contribution >= 0.6 is 0 Å². The number of esters is 1. The van der Waals surface area contributed by atoms with Crippen molar-refractivity contribution in [3.05, 3.63) is 48.0 Å². The normalized spacial score (nSPS) is 10.2. The molecule has 0 N–H and O–H groups in total. The monoisotopic (exact) mass is 176 g/mol. The van der Waals surface area contributed by atoms with Crippen molar-refractivity contribution < 1.29 is 9.53 Å². The fourth-order valence-corrected chi connectivity index (χ4v) is 0.878. The molecule has 1 aromatic carbocycles. The minimum Gasteiger partial charge on any atom is -0.458 e. The molecule has 1 rings (SSSR count). The predicted octanol–water partition coefficient (Wildman–Crippen LogP) is 2.42. The van der Waals surface area contributed by atoms with Crippen LogP contribution < -0.4 is 0 Å². The summed E-state index contributed by atoms with van der Waals surface area (Å²) in [5, 5.41) is 0. The van der Waals surface area contributed by atoms with Crippen LogP contribution in [0.15, 0.2) is 42.5 Å². The van der Waals surface area contributed by atoms with E-state index in [0.29, 0.717) is 12.2 Å². The first-order chi connectivity index (χ1) is 6.34. The lowest BCUT2D eigenvalue weighted by Crippen LogP contribution is -2.04. The van der Waals surface area contributed by atoms with Crippen LogP contribution in [0.4, 0.5) is 0 Å². The second-order valence-corrected chi connectivity index (χ2v) is 2.53. The van der Waals surface area contributed by atoms with E-state index in [1.807, 2.05) is 31.2 Å². The minimum absolute atomic E-state index is 0.279. The fourth-order valence-electron chi connectivity index (χ4n) is 0.878. The lowest BCUT2D eigenvalue weighted by atomic mass is 10.2. The zero-order valence-electron chi connectivity index (χ0n) is 7.57. The van der Waals surface area contributed by atoms with Gasteiger partial charge in [-0.3, -0.25) is 0 Å². The highest BCUT2D eigenvalue weighted by Crippen LogP contribution is 2.00. The molecule has 0 aliphatic carbocycles. The maximum Gasteiger partial charge on any atom is 0.338 e. The summed E-state index contributed by atoms with van der Waals surface area (Å²) in [5.41, 5.74) is 0.590. The molecular weight excluding hydrogens is 164 g/mol. The zero-order valence-corrected chi connectivity index (χ0v) is 7.57. The van der Waals surface area contributed by atoms with Crippen molar-refractivity contribution in [1.82, 2.24) is 0 Å². The van der Waals surface area contributed by atoms with E-state index in [9.17, 15) is 4.79 Å². The van der Waals surface area contributed by atoms with Crippen LogP contribution in [0.3, 0.4) is 0 Å². The summed E-state index contributed by atoms with van der Waals surface area (Å²) in [6.45, 7) is 2.22. The molecule has 0 atom stereocenters. The van der Waals surface area contributed by atoms with Crippen molar-refractivity contribution in [2.75, 3.05) is 6.61 Å². The summed E-state index contributed by atoms with van der Waals surface area (Å²) < 4.78 is 4.94. The van der Waals surface area contributed by atoms with Gasteiger partial charge in [-0.1, -0.05) is 30.4 Å². The van der Waals surface area contributed by atoms with E-state index in [1.54, 1.807) is 18.2 Å². The SMILES string of the molecule is C/C=C\COC(=O)c1ccccc1. The van der Waals surface area contributed by atoms with Gasteiger partial charge in [-0.15, -0.1) is 0 Å². The smallest absolute Gasteiger partial charge is 0.338 e. The Morgan fingerprint density at radius 2 is 2.08 bits per heavy atom. The molecule has 0 radical (unpaired) electrons. The van der Waals surface area contributed by atoms with Gasteiger partial charge in [0.25, 0.3) is 0 Å². The quantitative estimate of drug-likeness (QED) is 0.522. The van der Waals surface area contributed by atoms with Crippen LogP contribution in [0.2, 0.25) is 0 Å². The van der Waals surface area contributed by atoms with Crippen molar-refractivity contribution in [3.8, 4) is 0 Å². The number of benzene rings is 1. The van der Waals surface area contributed by atoms with Gasteiger partial charge in [0.05, 0.1) is 5.56 Å². The summed E-state index contributed by atoms with van der Waals surface area (Å²) in [7, 11) is 0. The molecule has 0 aliphatic rings. The van der Waals surface area contributed by atoms with Gasteiger partial charge in [0.15, 0.2) is 0 Å². The van der Waals surface area contributed by atoms with Gasteiger partial charge in [0.1, 0.15) is 6.61 Å². The largest absolute Gasteiger partial charge is 0.458 e. The van der Waals surface area contributed by atoms with Gasteiger partial charge in [0, 0.05) is 0 Å². The van der Waals surface area contributed by atoms with Gasteiger partial charge < -0.3 is 4.74 Å². The summed E-state index contributed by atoms with van der Waals surface area (Å²) in [5.74, 6) is -0.279. The summed E-state index contributed by atoms with van der Waals surface area (Å²) >= 11 is 0. The van der Waals surface area contributed by atoms with Crippen LogP contribution in [0.25, 0.3) is 0 Å². The van der Waals surface area contributed by atoms with Crippen molar-refractivity contribution in [3.63, 3.8) is 0 Å². The molecule has 13 heavy (non-hydrogen) atoms. The average molecular weight is 176 g/mol. The van der Waals surface area contributed by atoms with E-state index in [1.165, 1.54) is 0 Å². The molecule has 0 spiro atoms. The Balaban J connectivity index is 2.49. The van der Waals surface area contributed by atoms with Crippen LogP contribution in [0.5, 0.6) is 0 Å². The maximum atomic E-state index is 11.3. The van der Waals surface area contributed by atoms with E-state index in [2.05, 4.69) is 0 Å². The second kappa shape index (κ2) is 5.14. The molecule has 0 unspecified atom stereocenters. The first-order valence-electron chi connectivity index (χ1n) is 4.18. The topological polar surface area (TPSA) is 26.3 Å². The Labute approximate surface area is 77.8 Å². The lowest BCUT2D eigenvalue weighted by Gasteiger charge is -2.00. The van der Waals surface area contributed by atoms with Crippen molar-refractivity contribution >= 4 is 5.97 Å². The number of carbonyl (C=O) groups is 1. The number of hydrogen-bond acceptors (Lipinski definition) is 2. The van der Waals surface area contributed by atoms with E-state index in [4.69, 9.17) is 4.74 Å². The third-order valence-electron chi connectivity index (χ3n) is 1.56. The van der Waals surface area contributed by atoms with Gasteiger partial charge in [-0.05, 0) is 19.1 Å². The Bertz CT molecular complexity index is 288. The third-order valence-corrected chi connectivity index (χ3v) is 1.56. The molecule has 0 aliphatic heterocycles. The molecule has 68 valence electrons. The lowest BCUT2D eigenvalue weighted by molar-refractivity contribution is 0.0549. The van der Waals surface area contributed by atoms with Gasteiger partial charge >= 0.3 is 5.97 Å². The molecule has 0 saturated carbocycles. The molecule has 0 fully saturated rings. The molecule has 2 heteroatoms. The van der Waals surface area contributed by atoms with Gasteiger partial charge in [0.2, 0.25) is 0 Å². The standard InChI is InChI=1S/C11H12O2/c1-2-3-9-13-11(12)10-7-5-4-6-8-10/h2-8H,9H2,1H3/b3-2-. The average Bonchev–Trinajstić information content (AvgIpc) is 2.19. The molecule has 0 amide bonds. The van der Waals surface area contributed by atoms with E-state index < -0.39 is 0 Å². The number of hydrogen-bond donors (Lipinski definition) is 0. The van der Waals surface area contributed by atoms with Crippen molar-refractivity contribution in [2.24, 2.45) is 0 Å². The van der Waals surface area contributed by atoms with Crippen molar-refractivity contribution in [2.45, 2.75) is 6.92 Å². The number of rotatable bonds is 3. The summed E-state index contributed by atoms with van der Waals surface area (Å²) in [6.07, 6.45) is 3.64. The number of allylic oxidation sites excluding steroid dienone is 1. The fraction of sp³-hybridized carbons (Fsp3) is 0.182. The molecule has 2 nitrogen and oxygen atoms in total. The molecular formula is C11H12O2. The van der Waals surface area contributed by atoms with Crippen LogP contribution in [-0.2, 0) is 4.74 Å². The highest BCUT2D eigenvalue weighted by atomic mass is 16.5. The highest BCUT2D eigenvalue weighted by molar-refractivity contribution is 5.89. The predicted molar refractivity (Wildman–Crippen MR) is 51.5 cm³/mol. The minimum atomic E-state index is -0.279. The zero-order chi connectivity index (χ0) is 9.52. The van der Waals surface area contributed by atoms with Crippen LogP contribution in [0, 0.1) is 0 Å². The Kier molecular flexibility index (Phi) is 3.76. The maximum absolute atomic E-state index is 11.3. The first kappa shape index (κ1) is 9.52. The molecule has 1 aromatic rings. The Hall–Kier alpha value is -1.57. The first-order valence-corrected chi connectivity index (χ1v) is 4.18. The summed E-state index contributed by atoms with van der Waals surface area (Å²) in [6, 6.07) is 8.96. The van der Waals surface area contributed by atoms with E-state index in [0.717, 1.165) is 0 Å². The van der Waals surface area contributed by atoms with E-state index >= 15 is 0 Å². The molecule has 0 saturated heterocycles. The number of ether oxygens (including phenoxy) is 1. The van der Waals surface area contributed by atoms with Crippen molar-refractivity contribution in [1.29, 1.82) is 0 Å².